The molecule has 112 valence electrons. The number of benzene rings is 1. The Hall–Kier alpha value is -1.17. The molecule has 1 saturated carbocycles. The van der Waals surface area contributed by atoms with Gasteiger partial charge in [0, 0.05) is 29.7 Å². The molecule has 1 aliphatic rings. The summed E-state index contributed by atoms with van der Waals surface area (Å²) in [6.07, 6.45) is 4.34. The summed E-state index contributed by atoms with van der Waals surface area (Å²) < 4.78 is 6.61. The standard InChI is InChI=1S/C16H19BrN2O2/c17-14-5-3-13(4-6-14)16-18-15(11-21-16)10-19(7-8-20)9-12-1-2-12/h3-6,11-12,20H,1-2,7-10H2. The molecule has 1 fully saturated rings. The third-order valence-electron chi connectivity index (χ3n) is 3.66. The van der Waals surface area contributed by atoms with Crippen molar-refractivity contribution in [2.75, 3.05) is 19.7 Å². The average molecular weight is 351 g/mol. The second-order valence-electron chi connectivity index (χ2n) is 5.55. The van der Waals surface area contributed by atoms with Gasteiger partial charge in [-0.25, -0.2) is 4.98 Å². The van der Waals surface area contributed by atoms with Crippen molar-refractivity contribution >= 4 is 15.9 Å². The number of halogens is 1. The second-order valence-corrected chi connectivity index (χ2v) is 6.47. The Morgan fingerprint density at radius 1 is 1.29 bits per heavy atom. The van der Waals surface area contributed by atoms with E-state index in [0.29, 0.717) is 12.4 Å². The van der Waals surface area contributed by atoms with Crippen LogP contribution in [0, 0.1) is 5.92 Å². The van der Waals surface area contributed by atoms with Crippen molar-refractivity contribution < 1.29 is 9.52 Å². The molecule has 0 bridgehead atoms. The molecule has 4 nitrogen and oxygen atoms in total. The average Bonchev–Trinajstić information content (AvgIpc) is 3.16. The van der Waals surface area contributed by atoms with E-state index in [1.165, 1.54) is 12.8 Å². The predicted octanol–water partition coefficient (Wildman–Crippen LogP) is 3.31. The zero-order valence-electron chi connectivity index (χ0n) is 11.8. The number of oxazole rings is 1. The third-order valence-corrected chi connectivity index (χ3v) is 4.19. The van der Waals surface area contributed by atoms with Gasteiger partial charge in [-0.2, -0.15) is 0 Å². The van der Waals surface area contributed by atoms with E-state index in [4.69, 9.17) is 9.52 Å². The van der Waals surface area contributed by atoms with Crippen molar-refractivity contribution in [2.45, 2.75) is 19.4 Å². The van der Waals surface area contributed by atoms with Crippen LogP contribution in [0.2, 0.25) is 0 Å². The van der Waals surface area contributed by atoms with Crippen LogP contribution in [0.15, 0.2) is 39.4 Å². The van der Waals surface area contributed by atoms with Crippen molar-refractivity contribution in [1.82, 2.24) is 9.88 Å². The molecule has 1 aromatic heterocycles. The molecule has 0 aliphatic heterocycles. The third kappa shape index (κ3) is 4.15. The normalized spacial score (nSPS) is 14.8. The molecule has 5 heteroatoms. The van der Waals surface area contributed by atoms with Crippen LogP contribution in [0.1, 0.15) is 18.5 Å². The minimum Gasteiger partial charge on any atom is -0.444 e. The molecule has 1 heterocycles. The van der Waals surface area contributed by atoms with Gasteiger partial charge in [0.25, 0.3) is 0 Å². The Morgan fingerprint density at radius 2 is 2.05 bits per heavy atom. The molecule has 0 saturated heterocycles. The van der Waals surface area contributed by atoms with Crippen LogP contribution in [-0.2, 0) is 6.54 Å². The molecule has 0 spiro atoms. The first-order chi connectivity index (χ1) is 10.2. The van der Waals surface area contributed by atoms with Crippen LogP contribution in [0.4, 0.5) is 0 Å². The number of aliphatic hydroxyl groups is 1. The van der Waals surface area contributed by atoms with Gasteiger partial charge in [0.1, 0.15) is 6.26 Å². The maximum atomic E-state index is 9.17. The minimum absolute atomic E-state index is 0.185. The summed E-state index contributed by atoms with van der Waals surface area (Å²) in [6, 6.07) is 7.92. The zero-order valence-corrected chi connectivity index (χ0v) is 13.4. The quantitative estimate of drug-likeness (QED) is 0.832. The fourth-order valence-electron chi connectivity index (χ4n) is 2.38. The Kier molecular flexibility index (Phi) is 4.73. The van der Waals surface area contributed by atoms with E-state index in [1.54, 1.807) is 6.26 Å². The first-order valence-corrected chi connectivity index (χ1v) is 8.07. The SMILES string of the molecule is OCCN(Cc1coc(-c2ccc(Br)cc2)n1)CC1CC1. The smallest absolute Gasteiger partial charge is 0.226 e. The highest BCUT2D eigenvalue weighted by molar-refractivity contribution is 9.10. The van der Waals surface area contributed by atoms with Crippen LogP contribution in [-0.4, -0.2) is 34.7 Å². The summed E-state index contributed by atoms with van der Waals surface area (Å²) in [5.41, 5.74) is 1.89. The molecule has 1 aliphatic carbocycles. The lowest BCUT2D eigenvalue weighted by molar-refractivity contribution is 0.183. The summed E-state index contributed by atoms with van der Waals surface area (Å²) in [7, 11) is 0. The fraction of sp³-hybridized carbons (Fsp3) is 0.438. The van der Waals surface area contributed by atoms with Crippen LogP contribution >= 0.6 is 15.9 Å². The van der Waals surface area contributed by atoms with E-state index in [0.717, 1.165) is 34.7 Å². The van der Waals surface area contributed by atoms with Gasteiger partial charge in [-0.15, -0.1) is 0 Å². The van der Waals surface area contributed by atoms with Gasteiger partial charge in [-0.1, -0.05) is 15.9 Å². The number of hydrogen-bond donors (Lipinski definition) is 1. The van der Waals surface area contributed by atoms with Crippen molar-refractivity contribution in [2.24, 2.45) is 5.92 Å². The summed E-state index contributed by atoms with van der Waals surface area (Å²) in [5.74, 6) is 1.45. The maximum absolute atomic E-state index is 9.17. The minimum atomic E-state index is 0.185. The summed E-state index contributed by atoms with van der Waals surface area (Å²) >= 11 is 3.42. The molecule has 2 aromatic rings. The molecule has 21 heavy (non-hydrogen) atoms. The molecular weight excluding hydrogens is 332 g/mol. The lowest BCUT2D eigenvalue weighted by Gasteiger charge is -2.19. The number of hydrogen-bond acceptors (Lipinski definition) is 4. The first kappa shape index (κ1) is 14.8. The van der Waals surface area contributed by atoms with Gasteiger partial charge < -0.3 is 9.52 Å². The lowest BCUT2D eigenvalue weighted by atomic mass is 10.2. The maximum Gasteiger partial charge on any atom is 0.226 e. The van der Waals surface area contributed by atoms with Crippen molar-refractivity contribution in [3.8, 4) is 11.5 Å². The topological polar surface area (TPSA) is 49.5 Å². The van der Waals surface area contributed by atoms with E-state index in [2.05, 4.69) is 25.8 Å². The van der Waals surface area contributed by atoms with Crippen LogP contribution in [0.25, 0.3) is 11.5 Å². The van der Waals surface area contributed by atoms with Crippen LogP contribution in [0.3, 0.4) is 0 Å². The lowest BCUT2D eigenvalue weighted by Crippen LogP contribution is -2.28. The molecule has 0 atom stereocenters. The monoisotopic (exact) mass is 350 g/mol. The molecule has 0 unspecified atom stereocenters. The summed E-state index contributed by atoms with van der Waals surface area (Å²) in [6.45, 7) is 2.65. The number of nitrogens with zero attached hydrogens (tertiary/aromatic N) is 2. The molecule has 1 N–H and O–H groups in total. The fourth-order valence-corrected chi connectivity index (χ4v) is 2.64. The summed E-state index contributed by atoms with van der Waals surface area (Å²) in [5, 5.41) is 9.17. The van der Waals surface area contributed by atoms with Gasteiger partial charge in [0.2, 0.25) is 5.89 Å². The van der Waals surface area contributed by atoms with Crippen molar-refractivity contribution in [3.63, 3.8) is 0 Å². The Labute approximate surface area is 132 Å². The molecule has 0 amide bonds. The molecule has 0 radical (unpaired) electrons. The highest BCUT2D eigenvalue weighted by Gasteiger charge is 2.24. The van der Waals surface area contributed by atoms with Gasteiger partial charge in [0.05, 0.1) is 12.3 Å². The van der Waals surface area contributed by atoms with E-state index < -0.39 is 0 Å². The van der Waals surface area contributed by atoms with Crippen molar-refractivity contribution in [1.29, 1.82) is 0 Å². The highest BCUT2D eigenvalue weighted by Crippen LogP contribution is 2.30. The largest absolute Gasteiger partial charge is 0.444 e. The number of aromatic nitrogens is 1. The Bertz CT molecular complexity index is 578. The van der Waals surface area contributed by atoms with E-state index in [-0.39, 0.29) is 6.61 Å². The molecular formula is C16H19BrN2O2. The van der Waals surface area contributed by atoms with Crippen molar-refractivity contribution in [3.05, 3.63) is 40.7 Å². The highest BCUT2D eigenvalue weighted by atomic mass is 79.9. The first-order valence-electron chi connectivity index (χ1n) is 7.28. The Balaban J connectivity index is 1.66. The van der Waals surface area contributed by atoms with Crippen LogP contribution in [0.5, 0.6) is 0 Å². The van der Waals surface area contributed by atoms with Gasteiger partial charge in [0.15, 0.2) is 0 Å². The summed E-state index contributed by atoms with van der Waals surface area (Å²) in [4.78, 5) is 6.81. The number of rotatable bonds is 7. The van der Waals surface area contributed by atoms with Gasteiger partial charge in [-0.05, 0) is 43.0 Å². The van der Waals surface area contributed by atoms with E-state index in [9.17, 15) is 0 Å². The van der Waals surface area contributed by atoms with Gasteiger partial charge in [-0.3, -0.25) is 4.90 Å². The van der Waals surface area contributed by atoms with E-state index in [1.807, 2.05) is 24.3 Å². The predicted molar refractivity (Wildman–Crippen MR) is 84.7 cm³/mol. The number of aliphatic hydroxyl groups excluding tert-OH is 1. The Morgan fingerprint density at radius 3 is 2.71 bits per heavy atom. The second kappa shape index (κ2) is 6.73. The zero-order chi connectivity index (χ0) is 14.7. The van der Waals surface area contributed by atoms with Gasteiger partial charge >= 0.3 is 0 Å². The molecule has 3 rings (SSSR count). The molecule has 1 aromatic carbocycles. The van der Waals surface area contributed by atoms with E-state index >= 15 is 0 Å². The van der Waals surface area contributed by atoms with Crippen LogP contribution < -0.4 is 0 Å².